The summed E-state index contributed by atoms with van der Waals surface area (Å²) in [4.78, 5) is 14.2. The normalized spacial score (nSPS) is 14.5. The number of nitrogens with zero attached hydrogens (tertiary/aromatic N) is 1. The fraction of sp³-hybridized carbons (Fsp3) is 0.611. The van der Waals surface area contributed by atoms with Crippen LogP contribution in [0.1, 0.15) is 38.7 Å². The molecule has 1 aliphatic rings. The largest absolute Gasteiger partial charge is 0.484 e. The second-order valence-electron chi connectivity index (χ2n) is 6.81. The fourth-order valence-corrected chi connectivity index (χ4v) is 2.38. The summed E-state index contributed by atoms with van der Waals surface area (Å²) in [6, 6.07) is 6.52. The van der Waals surface area contributed by atoms with Crippen LogP contribution in [-0.4, -0.2) is 36.3 Å². The molecule has 1 aliphatic carbocycles. The zero-order valence-electron chi connectivity index (χ0n) is 14.6. The molecule has 0 bridgehead atoms. The standard InChI is InChI=1S/C18H25F3N2O2/c1-13(2)9-10-23(15-5-6-15)17(24)22-11-14-3-7-16(8-4-14)25-12-18(19,20)21/h3-4,7-8,13,15H,5-6,9-12H2,1-2H3,(H,22,24). The number of alkyl halides is 3. The molecule has 1 fully saturated rings. The van der Waals surface area contributed by atoms with Gasteiger partial charge in [-0.1, -0.05) is 26.0 Å². The minimum absolute atomic E-state index is 0.0828. The summed E-state index contributed by atoms with van der Waals surface area (Å²) in [5, 5.41) is 2.89. The number of carbonyl (C=O) groups excluding carboxylic acids is 1. The Morgan fingerprint density at radius 3 is 2.44 bits per heavy atom. The summed E-state index contributed by atoms with van der Waals surface area (Å²) in [5.74, 6) is 0.697. The maximum atomic E-state index is 12.4. The van der Waals surface area contributed by atoms with Crippen LogP contribution in [0.3, 0.4) is 0 Å². The Morgan fingerprint density at radius 1 is 1.28 bits per heavy atom. The smallest absolute Gasteiger partial charge is 0.422 e. The van der Waals surface area contributed by atoms with E-state index < -0.39 is 12.8 Å². The molecule has 1 saturated carbocycles. The van der Waals surface area contributed by atoms with Crippen molar-refractivity contribution in [3.63, 3.8) is 0 Å². The number of urea groups is 1. The summed E-state index contributed by atoms with van der Waals surface area (Å²) < 4.78 is 41.0. The molecule has 1 aromatic rings. The highest BCUT2D eigenvalue weighted by molar-refractivity contribution is 5.74. The Kier molecular flexibility index (Phi) is 6.56. The van der Waals surface area contributed by atoms with Gasteiger partial charge in [0.2, 0.25) is 0 Å². The van der Waals surface area contributed by atoms with E-state index in [0.29, 0.717) is 18.5 Å². The highest BCUT2D eigenvalue weighted by atomic mass is 19.4. The maximum absolute atomic E-state index is 12.4. The molecule has 7 heteroatoms. The van der Waals surface area contributed by atoms with Gasteiger partial charge in [0.1, 0.15) is 5.75 Å². The molecule has 2 amide bonds. The van der Waals surface area contributed by atoms with Gasteiger partial charge in [-0.25, -0.2) is 4.79 Å². The summed E-state index contributed by atoms with van der Waals surface area (Å²) in [6.07, 6.45) is -1.28. The van der Waals surface area contributed by atoms with Crippen LogP contribution < -0.4 is 10.1 Å². The van der Waals surface area contributed by atoms with Crippen molar-refractivity contribution in [2.75, 3.05) is 13.2 Å². The molecule has 4 nitrogen and oxygen atoms in total. The van der Waals surface area contributed by atoms with E-state index in [4.69, 9.17) is 0 Å². The molecule has 0 heterocycles. The van der Waals surface area contributed by atoms with Gasteiger partial charge in [-0.3, -0.25) is 0 Å². The molecular formula is C18H25F3N2O2. The summed E-state index contributed by atoms with van der Waals surface area (Å²) in [7, 11) is 0. The molecule has 25 heavy (non-hydrogen) atoms. The third-order valence-electron chi connectivity index (χ3n) is 3.97. The molecular weight excluding hydrogens is 333 g/mol. The van der Waals surface area contributed by atoms with Gasteiger partial charge in [0.25, 0.3) is 0 Å². The first-order valence-electron chi connectivity index (χ1n) is 8.57. The van der Waals surface area contributed by atoms with Crippen molar-refractivity contribution in [2.24, 2.45) is 5.92 Å². The molecule has 140 valence electrons. The van der Waals surface area contributed by atoms with Gasteiger partial charge in [0.15, 0.2) is 6.61 Å². The van der Waals surface area contributed by atoms with Crippen LogP contribution in [0.4, 0.5) is 18.0 Å². The molecule has 0 unspecified atom stereocenters. The van der Waals surface area contributed by atoms with Crippen molar-refractivity contribution in [1.82, 2.24) is 10.2 Å². The molecule has 1 aromatic carbocycles. The number of carbonyl (C=O) groups is 1. The molecule has 0 saturated heterocycles. The molecule has 0 radical (unpaired) electrons. The lowest BCUT2D eigenvalue weighted by Gasteiger charge is -2.23. The first-order chi connectivity index (χ1) is 11.7. The highest BCUT2D eigenvalue weighted by Gasteiger charge is 2.32. The highest BCUT2D eigenvalue weighted by Crippen LogP contribution is 2.27. The molecule has 0 atom stereocenters. The van der Waals surface area contributed by atoms with E-state index in [1.165, 1.54) is 12.1 Å². The lowest BCUT2D eigenvalue weighted by molar-refractivity contribution is -0.153. The van der Waals surface area contributed by atoms with Crippen molar-refractivity contribution in [2.45, 2.75) is 51.9 Å². The monoisotopic (exact) mass is 358 g/mol. The average molecular weight is 358 g/mol. The molecule has 0 aliphatic heterocycles. The number of hydrogen-bond donors (Lipinski definition) is 1. The minimum Gasteiger partial charge on any atom is -0.484 e. The number of ether oxygens (including phenoxy) is 1. The second-order valence-corrected chi connectivity index (χ2v) is 6.81. The fourth-order valence-electron chi connectivity index (χ4n) is 2.38. The number of amides is 2. The van der Waals surface area contributed by atoms with Crippen LogP contribution in [-0.2, 0) is 6.54 Å². The van der Waals surface area contributed by atoms with Gasteiger partial charge in [0.05, 0.1) is 0 Å². The minimum atomic E-state index is -4.35. The van der Waals surface area contributed by atoms with Crippen molar-refractivity contribution in [3.8, 4) is 5.75 Å². The van der Waals surface area contributed by atoms with Gasteiger partial charge in [-0.05, 0) is 42.9 Å². The number of benzene rings is 1. The zero-order chi connectivity index (χ0) is 18.4. The third-order valence-corrected chi connectivity index (χ3v) is 3.97. The molecule has 0 aromatic heterocycles. The lowest BCUT2D eigenvalue weighted by atomic mass is 10.1. The van der Waals surface area contributed by atoms with E-state index in [0.717, 1.165) is 31.4 Å². The van der Waals surface area contributed by atoms with E-state index in [2.05, 4.69) is 23.9 Å². The van der Waals surface area contributed by atoms with E-state index in [-0.39, 0.29) is 11.8 Å². The van der Waals surface area contributed by atoms with Gasteiger partial charge < -0.3 is 15.0 Å². The number of hydrogen-bond acceptors (Lipinski definition) is 2. The van der Waals surface area contributed by atoms with Crippen molar-refractivity contribution in [1.29, 1.82) is 0 Å². The maximum Gasteiger partial charge on any atom is 0.422 e. The second kappa shape index (κ2) is 8.45. The van der Waals surface area contributed by atoms with Crippen LogP contribution in [0, 0.1) is 5.92 Å². The number of halogens is 3. The van der Waals surface area contributed by atoms with Crippen molar-refractivity contribution >= 4 is 6.03 Å². The average Bonchev–Trinajstić information content (AvgIpc) is 3.36. The summed E-state index contributed by atoms with van der Waals surface area (Å²) >= 11 is 0. The van der Waals surface area contributed by atoms with E-state index >= 15 is 0 Å². The Bertz CT molecular complexity index is 554. The predicted octanol–water partition coefficient (Wildman–Crippen LogP) is 4.35. The number of rotatable bonds is 8. The van der Waals surface area contributed by atoms with Gasteiger partial charge >= 0.3 is 12.2 Å². The van der Waals surface area contributed by atoms with Crippen LogP contribution in [0.25, 0.3) is 0 Å². The van der Waals surface area contributed by atoms with Crippen LogP contribution in [0.5, 0.6) is 5.75 Å². The molecule has 0 spiro atoms. The Hall–Kier alpha value is -1.92. The Balaban J connectivity index is 1.80. The van der Waals surface area contributed by atoms with Crippen LogP contribution in [0.15, 0.2) is 24.3 Å². The van der Waals surface area contributed by atoms with Crippen LogP contribution in [0.2, 0.25) is 0 Å². The molecule has 2 rings (SSSR count). The first kappa shape index (κ1) is 19.4. The first-order valence-corrected chi connectivity index (χ1v) is 8.57. The van der Waals surface area contributed by atoms with E-state index in [9.17, 15) is 18.0 Å². The Morgan fingerprint density at radius 2 is 1.92 bits per heavy atom. The quantitative estimate of drug-likeness (QED) is 0.751. The van der Waals surface area contributed by atoms with E-state index in [1.807, 2.05) is 4.90 Å². The van der Waals surface area contributed by atoms with E-state index in [1.54, 1.807) is 12.1 Å². The van der Waals surface area contributed by atoms with Crippen LogP contribution >= 0.6 is 0 Å². The van der Waals surface area contributed by atoms with Gasteiger partial charge in [-0.15, -0.1) is 0 Å². The predicted molar refractivity (Wildman–Crippen MR) is 89.4 cm³/mol. The number of nitrogens with one attached hydrogen (secondary N) is 1. The van der Waals surface area contributed by atoms with Gasteiger partial charge in [-0.2, -0.15) is 13.2 Å². The SMILES string of the molecule is CC(C)CCN(C(=O)NCc1ccc(OCC(F)(F)F)cc1)C1CC1. The Labute approximate surface area is 146 Å². The van der Waals surface area contributed by atoms with Gasteiger partial charge in [0, 0.05) is 19.1 Å². The zero-order valence-corrected chi connectivity index (χ0v) is 14.6. The molecule has 1 N–H and O–H groups in total. The summed E-state index contributed by atoms with van der Waals surface area (Å²) in [5.41, 5.74) is 0.812. The third kappa shape index (κ3) is 7.23. The lowest BCUT2D eigenvalue weighted by Crippen LogP contribution is -2.41. The summed E-state index contributed by atoms with van der Waals surface area (Å²) in [6.45, 7) is 4.04. The van der Waals surface area contributed by atoms with Crippen molar-refractivity contribution in [3.05, 3.63) is 29.8 Å². The van der Waals surface area contributed by atoms with Crippen molar-refractivity contribution < 1.29 is 22.7 Å². The topological polar surface area (TPSA) is 41.6 Å².